The van der Waals surface area contributed by atoms with Crippen molar-refractivity contribution in [3.8, 4) is 0 Å². The van der Waals surface area contributed by atoms with Crippen LogP contribution in [0.4, 0.5) is 5.69 Å². The molecule has 0 spiro atoms. The number of fused-ring (bicyclic) bond motifs is 1. The van der Waals surface area contributed by atoms with Gasteiger partial charge in [0.05, 0.1) is 11.8 Å². The number of rotatable bonds is 2. The third-order valence-electron chi connectivity index (χ3n) is 4.74. The Kier molecular flexibility index (Phi) is 2.93. The summed E-state index contributed by atoms with van der Waals surface area (Å²) in [6, 6.07) is 3.91. The Labute approximate surface area is 113 Å². The first-order chi connectivity index (χ1) is 9.00. The van der Waals surface area contributed by atoms with E-state index in [1.807, 2.05) is 12.3 Å². The highest BCUT2D eigenvalue weighted by Crippen LogP contribution is 2.52. The molecule has 2 heterocycles. The number of aryl methyl sites for hydroxylation is 1. The predicted molar refractivity (Wildman–Crippen MR) is 75.3 cm³/mol. The first-order valence-electron chi connectivity index (χ1n) is 7.05. The highest BCUT2D eigenvalue weighted by atomic mass is 16.5. The van der Waals surface area contributed by atoms with Crippen molar-refractivity contribution in [3.63, 3.8) is 0 Å². The van der Waals surface area contributed by atoms with Gasteiger partial charge < -0.3 is 14.6 Å². The van der Waals surface area contributed by atoms with Gasteiger partial charge in [0.15, 0.2) is 0 Å². The maximum atomic E-state index is 11.4. The molecule has 1 saturated carbocycles. The lowest BCUT2D eigenvalue weighted by Crippen LogP contribution is -2.67. The molecule has 0 bridgehead atoms. The molecule has 2 aliphatic rings. The molecule has 1 aliphatic carbocycles. The van der Waals surface area contributed by atoms with Gasteiger partial charge in [0.25, 0.3) is 0 Å². The summed E-state index contributed by atoms with van der Waals surface area (Å²) >= 11 is 0. The van der Waals surface area contributed by atoms with Crippen LogP contribution < -0.4 is 10.9 Å². The minimum Gasteiger partial charge on any atom is -0.380 e. The SMILES string of the molecule is Cn1cc(NC2C3CCCOC3C2(C)C)ccc1=O. The Bertz CT molecular complexity index is 535. The highest BCUT2D eigenvalue weighted by molar-refractivity contribution is 5.43. The van der Waals surface area contributed by atoms with Gasteiger partial charge in [0, 0.05) is 43.3 Å². The van der Waals surface area contributed by atoms with Crippen molar-refractivity contribution in [3.05, 3.63) is 28.7 Å². The molecular weight excluding hydrogens is 240 g/mol. The third-order valence-corrected chi connectivity index (χ3v) is 4.74. The lowest BCUT2D eigenvalue weighted by Gasteiger charge is -2.60. The van der Waals surface area contributed by atoms with E-state index in [1.54, 1.807) is 17.7 Å². The predicted octanol–water partition coefficient (Wildman–Crippen LogP) is 2.00. The molecule has 2 fully saturated rings. The van der Waals surface area contributed by atoms with Crippen molar-refractivity contribution in [1.29, 1.82) is 0 Å². The molecule has 4 nitrogen and oxygen atoms in total. The molecule has 0 aromatic carbocycles. The molecule has 104 valence electrons. The fourth-order valence-corrected chi connectivity index (χ4v) is 3.67. The van der Waals surface area contributed by atoms with Crippen molar-refractivity contribution in [2.24, 2.45) is 18.4 Å². The molecule has 3 unspecified atom stereocenters. The van der Waals surface area contributed by atoms with E-state index in [9.17, 15) is 4.79 Å². The maximum Gasteiger partial charge on any atom is 0.250 e. The van der Waals surface area contributed by atoms with E-state index < -0.39 is 0 Å². The fourth-order valence-electron chi connectivity index (χ4n) is 3.67. The van der Waals surface area contributed by atoms with Crippen LogP contribution in [0, 0.1) is 11.3 Å². The summed E-state index contributed by atoms with van der Waals surface area (Å²) in [5.41, 5.74) is 1.20. The molecule has 3 atom stereocenters. The quantitative estimate of drug-likeness (QED) is 0.886. The maximum absolute atomic E-state index is 11.4. The second-order valence-corrected chi connectivity index (χ2v) is 6.41. The van der Waals surface area contributed by atoms with Gasteiger partial charge in [0.1, 0.15) is 0 Å². The zero-order chi connectivity index (χ0) is 13.6. The molecule has 1 aromatic rings. The largest absolute Gasteiger partial charge is 0.380 e. The van der Waals surface area contributed by atoms with Gasteiger partial charge in [-0.05, 0) is 18.9 Å². The third kappa shape index (κ3) is 1.98. The Balaban J connectivity index is 1.79. The van der Waals surface area contributed by atoms with E-state index in [-0.39, 0.29) is 11.0 Å². The standard InChI is InChI=1S/C15H22N2O2/c1-15(2)13(11-5-4-8-19-14(11)15)16-10-6-7-12(18)17(3)9-10/h6-7,9,11,13-14,16H,4-5,8H2,1-3H3. The van der Waals surface area contributed by atoms with Crippen molar-refractivity contribution in [2.75, 3.05) is 11.9 Å². The van der Waals surface area contributed by atoms with Crippen molar-refractivity contribution < 1.29 is 4.74 Å². The van der Waals surface area contributed by atoms with E-state index in [0.29, 0.717) is 18.1 Å². The second kappa shape index (κ2) is 4.37. The van der Waals surface area contributed by atoms with Crippen LogP contribution in [-0.2, 0) is 11.8 Å². The van der Waals surface area contributed by atoms with Crippen LogP contribution >= 0.6 is 0 Å². The average molecular weight is 262 g/mol. The molecule has 0 amide bonds. The molecule has 3 rings (SSSR count). The first-order valence-corrected chi connectivity index (χ1v) is 7.05. The highest BCUT2D eigenvalue weighted by Gasteiger charge is 2.57. The number of aromatic nitrogens is 1. The number of hydrogen-bond acceptors (Lipinski definition) is 3. The molecule has 19 heavy (non-hydrogen) atoms. The van der Waals surface area contributed by atoms with Gasteiger partial charge in [-0.15, -0.1) is 0 Å². The van der Waals surface area contributed by atoms with Gasteiger partial charge in [-0.1, -0.05) is 13.8 Å². The minimum atomic E-state index is 0.0253. The van der Waals surface area contributed by atoms with Gasteiger partial charge in [-0.2, -0.15) is 0 Å². The summed E-state index contributed by atoms with van der Waals surface area (Å²) in [5, 5.41) is 3.60. The van der Waals surface area contributed by atoms with Gasteiger partial charge in [0.2, 0.25) is 5.56 Å². The average Bonchev–Trinajstić information content (AvgIpc) is 2.40. The summed E-state index contributed by atoms with van der Waals surface area (Å²) in [7, 11) is 1.78. The van der Waals surface area contributed by atoms with Crippen LogP contribution in [-0.4, -0.2) is 23.3 Å². The number of anilines is 1. The Hall–Kier alpha value is -1.29. The fraction of sp³-hybridized carbons (Fsp3) is 0.667. The molecular formula is C15H22N2O2. The van der Waals surface area contributed by atoms with Gasteiger partial charge in [-0.25, -0.2) is 0 Å². The first kappa shape index (κ1) is 12.7. The van der Waals surface area contributed by atoms with E-state index in [1.165, 1.54) is 6.42 Å². The number of nitrogens with zero attached hydrogens (tertiary/aromatic N) is 1. The smallest absolute Gasteiger partial charge is 0.250 e. The van der Waals surface area contributed by atoms with Crippen LogP contribution in [0.2, 0.25) is 0 Å². The van der Waals surface area contributed by atoms with Crippen molar-refractivity contribution in [1.82, 2.24) is 4.57 Å². The monoisotopic (exact) mass is 262 g/mol. The lowest BCUT2D eigenvalue weighted by atomic mass is 9.55. The van der Waals surface area contributed by atoms with E-state index >= 15 is 0 Å². The number of hydrogen-bond donors (Lipinski definition) is 1. The van der Waals surface area contributed by atoms with Crippen LogP contribution in [0.25, 0.3) is 0 Å². The summed E-state index contributed by atoms with van der Waals surface area (Å²) in [6.07, 6.45) is 4.64. The Morgan fingerprint density at radius 1 is 1.42 bits per heavy atom. The topological polar surface area (TPSA) is 43.3 Å². The normalized spacial score (nSPS) is 32.3. The van der Waals surface area contributed by atoms with Gasteiger partial charge in [-0.3, -0.25) is 4.79 Å². The minimum absolute atomic E-state index is 0.0253. The summed E-state index contributed by atoms with van der Waals surface area (Å²) in [4.78, 5) is 11.4. The lowest BCUT2D eigenvalue weighted by molar-refractivity contribution is -0.177. The van der Waals surface area contributed by atoms with Crippen molar-refractivity contribution >= 4 is 5.69 Å². The van der Waals surface area contributed by atoms with Crippen LogP contribution in [0.15, 0.2) is 23.1 Å². The van der Waals surface area contributed by atoms with E-state index in [4.69, 9.17) is 4.74 Å². The van der Waals surface area contributed by atoms with E-state index in [2.05, 4.69) is 19.2 Å². The Morgan fingerprint density at radius 3 is 2.95 bits per heavy atom. The summed E-state index contributed by atoms with van der Waals surface area (Å²) in [6.45, 7) is 5.43. The molecule has 1 aliphatic heterocycles. The number of ether oxygens (including phenoxy) is 1. The molecule has 0 radical (unpaired) electrons. The zero-order valence-electron chi connectivity index (χ0n) is 11.8. The summed E-state index contributed by atoms with van der Waals surface area (Å²) in [5.74, 6) is 0.598. The second-order valence-electron chi connectivity index (χ2n) is 6.41. The Morgan fingerprint density at radius 2 is 2.21 bits per heavy atom. The molecule has 1 saturated heterocycles. The summed E-state index contributed by atoms with van der Waals surface area (Å²) < 4.78 is 7.52. The molecule has 4 heteroatoms. The van der Waals surface area contributed by atoms with E-state index in [0.717, 1.165) is 18.7 Å². The van der Waals surface area contributed by atoms with Gasteiger partial charge >= 0.3 is 0 Å². The van der Waals surface area contributed by atoms with Crippen LogP contribution in [0.5, 0.6) is 0 Å². The molecule has 1 N–H and O–H groups in total. The van der Waals surface area contributed by atoms with Crippen LogP contribution in [0.3, 0.4) is 0 Å². The van der Waals surface area contributed by atoms with Crippen LogP contribution in [0.1, 0.15) is 26.7 Å². The zero-order valence-corrected chi connectivity index (χ0v) is 11.8. The number of nitrogens with one attached hydrogen (secondary N) is 1. The molecule has 1 aromatic heterocycles. The number of pyridine rings is 1. The van der Waals surface area contributed by atoms with Crippen molar-refractivity contribution in [2.45, 2.75) is 38.8 Å².